The minimum atomic E-state index is -2.90. The lowest BCUT2D eigenvalue weighted by Crippen LogP contribution is -2.36. The van der Waals surface area contributed by atoms with Crippen LogP contribution >= 0.6 is 0 Å². The van der Waals surface area contributed by atoms with Crippen LogP contribution in [0.15, 0.2) is 0 Å². The fraction of sp³-hybridized carbons (Fsp3) is 1.00. The van der Waals surface area contributed by atoms with Gasteiger partial charge in [-0.05, 0) is 38.6 Å². The molecule has 1 aliphatic rings. The van der Waals surface area contributed by atoms with Crippen molar-refractivity contribution in [3.05, 3.63) is 0 Å². The molecule has 0 radical (unpaired) electrons. The lowest BCUT2D eigenvalue weighted by atomic mass is 10.1. The molecule has 0 spiro atoms. The largest absolute Gasteiger partial charge is 0.378 e. The Bertz CT molecular complexity index is 297. The van der Waals surface area contributed by atoms with Gasteiger partial charge in [0.1, 0.15) is 9.84 Å². The summed E-state index contributed by atoms with van der Waals surface area (Å²) in [6.45, 7) is 3.83. The van der Waals surface area contributed by atoms with E-state index in [9.17, 15) is 8.42 Å². The van der Waals surface area contributed by atoms with Crippen LogP contribution in [0.5, 0.6) is 0 Å². The Kier molecular flexibility index (Phi) is 6.44. The Morgan fingerprint density at radius 1 is 1.47 bits per heavy atom. The average Bonchev–Trinajstić information content (AvgIpc) is 2.73. The van der Waals surface area contributed by atoms with E-state index in [0.29, 0.717) is 6.10 Å². The zero-order chi connectivity index (χ0) is 12.7. The quantitative estimate of drug-likeness (QED) is 0.718. The third-order valence-electron chi connectivity index (χ3n) is 3.05. The van der Waals surface area contributed by atoms with E-state index in [1.807, 2.05) is 0 Å². The van der Waals surface area contributed by atoms with Crippen LogP contribution in [0.1, 0.15) is 39.0 Å². The van der Waals surface area contributed by atoms with E-state index < -0.39 is 9.84 Å². The highest BCUT2D eigenvalue weighted by Gasteiger charge is 2.19. The summed E-state index contributed by atoms with van der Waals surface area (Å²) in [6, 6.07) is 0.0779. The van der Waals surface area contributed by atoms with Crippen molar-refractivity contribution in [2.45, 2.75) is 51.2 Å². The van der Waals surface area contributed by atoms with Gasteiger partial charge in [0, 0.05) is 18.9 Å². The highest BCUT2D eigenvalue weighted by molar-refractivity contribution is 7.90. The second kappa shape index (κ2) is 7.34. The summed E-state index contributed by atoms with van der Waals surface area (Å²) < 4.78 is 28.2. The Hall–Kier alpha value is -0.130. The Labute approximate surface area is 105 Å². The summed E-state index contributed by atoms with van der Waals surface area (Å²) in [4.78, 5) is 0. The lowest BCUT2D eigenvalue weighted by molar-refractivity contribution is 0.100. The molecule has 0 aromatic carbocycles. The molecule has 1 heterocycles. The number of hydrogen-bond acceptors (Lipinski definition) is 4. The van der Waals surface area contributed by atoms with Gasteiger partial charge >= 0.3 is 0 Å². The Morgan fingerprint density at radius 3 is 2.76 bits per heavy atom. The van der Waals surface area contributed by atoms with Crippen LogP contribution in [0.25, 0.3) is 0 Å². The van der Waals surface area contributed by atoms with Gasteiger partial charge in [0.15, 0.2) is 0 Å². The maximum Gasteiger partial charge on any atom is 0.148 e. The van der Waals surface area contributed by atoms with Crippen LogP contribution in [0.3, 0.4) is 0 Å². The maximum absolute atomic E-state index is 11.3. The predicted molar refractivity (Wildman–Crippen MR) is 70.0 cm³/mol. The molecule has 1 fully saturated rings. The molecule has 1 rings (SSSR count). The van der Waals surface area contributed by atoms with Gasteiger partial charge < -0.3 is 10.1 Å². The summed E-state index contributed by atoms with van der Waals surface area (Å²) >= 11 is 0. The first-order valence-electron chi connectivity index (χ1n) is 6.54. The molecule has 0 aromatic heterocycles. The zero-order valence-corrected chi connectivity index (χ0v) is 11.8. The van der Waals surface area contributed by atoms with Gasteiger partial charge in [0.05, 0.1) is 11.9 Å². The molecule has 1 saturated heterocycles. The fourth-order valence-electron chi connectivity index (χ4n) is 2.22. The maximum atomic E-state index is 11.3. The van der Waals surface area contributed by atoms with Crippen molar-refractivity contribution in [2.24, 2.45) is 0 Å². The van der Waals surface area contributed by atoms with Crippen molar-refractivity contribution in [2.75, 3.05) is 25.2 Å². The minimum absolute atomic E-state index is 0.0779. The van der Waals surface area contributed by atoms with E-state index >= 15 is 0 Å². The third-order valence-corrected chi connectivity index (χ3v) is 4.06. The molecule has 2 unspecified atom stereocenters. The van der Waals surface area contributed by atoms with Gasteiger partial charge in [-0.2, -0.15) is 0 Å². The van der Waals surface area contributed by atoms with Crippen molar-refractivity contribution in [1.82, 2.24) is 5.32 Å². The van der Waals surface area contributed by atoms with Crippen molar-refractivity contribution in [3.8, 4) is 0 Å². The van der Waals surface area contributed by atoms with Gasteiger partial charge in [-0.15, -0.1) is 0 Å². The number of rotatable bonds is 8. The van der Waals surface area contributed by atoms with Gasteiger partial charge in [-0.25, -0.2) is 8.42 Å². The first-order valence-corrected chi connectivity index (χ1v) is 8.60. The number of sulfone groups is 1. The second-order valence-electron chi connectivity index (χ2n) is 4.96. The summed E-state index contributed by atoms with van der Waals surface area (Å²) in [5.74, 6) is 0.236. The highest BCUT2D eigenvalue weighted by Crippen LogP contribution is 2.18. The smallest absolute Gasteiger partial charge is 0.148 e. The zero-order valence-electron chi connectivity index (χ0n) is 10.9. The second-order valence-corrected chi connectivity index (χ2v) is 7.14. The van der Waals surface area contributed by atoms with Gasteiger partial charge in [0.2, 0.25) is 0 Å². The van der Waals surface area contributed by atoms with Crippen molar-refractivity contribution >= 4 is 9.84 Å². The molecule has 0 saturated carbocycles. The monoisotopic (exact) mass is 263 g/mol. The number of ether oxygens (including phenoxy) is 1. The lowest BCUT2D eigenvalue weighted by Gasteiger charge is -2.19. The minimum Gasteiger partial charge on any atom is -0.378 e. The fourth-order valence-corrected chi connectivity index (χ4v) is 3.23. The molecule has 17 heavy (non-hydrogen) atoms. The molecule has 2 atom stereocenters. The van der Waals surface area contributed by atoms with E-state index in [1.165, 1.54) is 6.26 Å². The summed E-state index contributed by atoms with van der Waals surface area (Å²) in [7, 11) is -2.90. The van der Waals surface area contributed by atoms with Crippen LogP contribution in [-0.2, 0) is 14.6 Å². The third kappa shape index (κ3) is 7.01. The molecule has 102 valence electrons. The van der Waals surface area contributed by atoms with Crippen molar-refractivity contribution < 1.29 is 13.2 Å². The molecular weight excluding hydrogens is 238 g/mol. The highest BCUT2D eigenvalue weighted by atomic mass is 32.2. The Morgan fingerprint density at radius 2 is 2.24 bits per heavy atom. The first-order chi connectivity index (χ1) is 8.01. The molecular formula is C12H25NO3S. The molecule has 0 aromatic rings. The standard InChI is InChI=1S/C12H25NO3S/c1-3-8-13-11(10-17(2,14)15)6-7-12-5-4-9-16-12/h11-13H,3-10H2,1-2H3. The molecule has 1 N–H and O–H groups in total. The number of hydrogen-bond donors (Lipinski definition) is 1. The molecule has 1 aliphatic heterocycles. The van der Waals surface area contributed by atoms with Crippen LogP contribution in [0.4, 0.5) is 0 Å². The summed E-state index contributed by atoms with van der Waals surface area (Å²) in [6.07, 6.45) is 6.80. The summed E-state index contributed by atoms with van der Waals surface area (Å²) in [5.41, 5.74) is 0. The van der Waals surface area contributed by atoms with Crippen LogP contribution in [0.2, 0.25) is 0 Å². The van der Waals surface area contributed by atoms with Gasteiger partial charge in [-0.1, -0.05) is 6.92 Å². The molecule has 0 bridgehead atoms. The van der Waals surface area contributed by atoms with E-state index in [0.717, 1.165) is 45.3 Å². The van der Waals surface area contributed by atoms with Crippen LogP contribution < -0.4 is 5.32 Å². The molecule has 0 aliphatic carbocycles. The number of nitrogens with one attached hydrogen (secondary N) is 1. The van der Waals surface area contributed by atoms with E-state index in [4.69, 9.17) is 4.74 Å². The van der Waals surface area contributed by atoms with Crippen molar-refractivity contribution in [3.63, 3.8) is 0 Å². The normalized spacial score (nSPS) is 22.8. The van der Waals surface area contributed by atoms with Gasteiger partial charge in [-0.3, -0.25) is 0 Å². The van der Waals surface area contributed by atoms with Crippen molar-refractivity contribution in [1.29, 1.82) is 0 Å². The van der Waals surface area contributed by atoms with Crippen LogP contribution in [-0.4, -0.2) is 45.7 Å². The first kappa shape index (κ1) is 14.9. The predicted octanol–water partition coefficient (Wildman–Crippen LogP) is 1.36. The van der Waals surface area contributed by atoms with E-state index in [-0.39, 0.29) is 11.8 Å². The summed E-state index contributed by atoms with van der Waals surface area (Å²) in [5, 5.41) is 3.32. The average molecular weight is 263 g/mol. The molecule has 5 heteroatoms. The Balaban J connectivity index is 2.33. The van der Waals surface area contributed by atoms with E-state index in [1.54, 1.807) is 0 Å². The van der Waals surface area contributed by atoms with Crippen LogP contribution in [0, 0.1) is 0 Å². The SMILES string of the molecule is CCCNC(CCC1CCCO1)CS(C)(=O)=O. The molecule has 0 amide bonds. The van der Waals surface area contributed by atoms with E-state index in [2.05, 4.69) is 12.2 Å². The van der Waals surface area contributed by atoms with Gasteiger partial charge in [0.25, 0.3) is 0 Å². The topological polar surface area (TPSA) is 55.4 Å². The molecule has 4 nitrogen and oxygen atoms in total.